The number of hydrogen-bond donors (Lipinski definition) is 2. The van der Waals surface area contributed by atoms with E-state index < -0.39 is 0 Å². The number of carbonyl (C=O) groups is 1. The van der Waals surface area contributed by atoms with Crippen LogP contribution in [0, 0.1) is 0 Å². The zero-order valence-electron chi connectivity index (χ0n) is 8.27. The summed E-state index contributed by atoms with van der Waals surface area (Å²) in [4.78, 5) is 11.7. The molecular formula is C11H13NO3. The molecule has 1 heterocycles. The minimum Gasteiger partial charge on any atom is -0.508 e. The smallest absolute Gasteiger partial charge is 0.251 e. The highest BCUT2D eigenvalue weighted by Crippen LogP contribution is 2.11. The number of aromatic hydroxyl groups is 1. The SMILES string of the molecule is O=C(NC1CCOC1)c1cccc(O)c1. The van der Waals surface area contributed by atoms with Gasteiger partial charge < -0.3 is 15.2 Å². The number of hydrogen-bond acceptors (Lipinski definition) is 3. The van der Waals surface area contributed by atoms with Crippen LogP contribution in [-0.4, -0.2) is 30.3 Å². The summed E-state index contributed by atoms with van der Waals surface area (Å²) in [5.74, 6) is -0.0632. The van der Waals surface area contributed by atoms with Crippen LogP contribution >= 0.6 is 0 Å². The Kier molecular flexibility index (Phi) is 2.87. The second-order valence-corrected chi connectivity index (χ2v) is 3.58. The zero-order chi connectivity index (χ0) is 10.7. The molecule has 0 aromatic heterocycles. The van der Waals surface area contributed by atoms with Crippen LogP contribution in [0.15, 0.2) is 24.3 Å². The van der Waals surface area contributed by atoms with Crippen molar-refractivity contribution in [2.75, 3.05) is 13.2 Å². The summed E-state index contributed by atoms with van der Waals surface area (Å²) in [7, 11) is 0. The Morgan fingerprint density at radius 2 is 2.40 bits per heavy atom. The Balaban J connectivity index is 2.01. The zero-order valence-corrected chi connectivity index (χ0v) is 8.27. The van der Waals surface area contributed by atoms with Crippen molar-refractivity contribution in [2.45, 2.75) is 12.5 Å². The second-order valence-electron chi connectivity index (χ2n) is 3.58. The minimum atomic E-state index is -0.165. The Morgan fingerprint density at radius 1 is 1.53 bits per heavy atom. The summed E-state index contributed by atoms with van der Waals surface area (Å²) in [6.07, 6.45) is 0.852. The van der Waals surface area contributed by atoms with Crippen molar-refractivity contribution < 1.29 is 14.6 Å². The van der Waals surface area contributed by atoms with Gasteiger partial charge in [0.25, 0.3) is 5.91 Å². The normalized spacial score (nSPS) is 20.1. The molecule has 1 aliphatic rings. The maximum Gasteiger partial charge on any atom is 0.251 e. The molecule has 4 nitrogen and oxygen atoms in total. The minimum absolute atomic E-state index is 0.0971. The van der Waals surface area contributed by atoms with Crippen molar-refractivity contribution in [3.05, 3.63) is 29.8 Å². The van der Waals surface area contributed by atoms with E-state index in [0.717, 1.165) is 6.42 Å². The number of rotatable bonds is 2. The Bertz CT molecular complexity index is 359. The first-order chi connectivity index (χ1) is 7.25. The van der Waals surface area contributed by atoms with Crippen LogP contribution < -0.4 is 5.32 Å². The molecule has 2 N–H and O–H groups in total. The fraction of sp³-hybridized carbons (Fsp3) is 0.364. The summed E-state index contributed by atoms with van der Waals surface area (Å²) in [6, 6.07) is 6.40. The van der Waals surface area contributed by atoms with E-state index >= 15 is 0 Å². The lowest BCUT2D eigenvalue weighted by molar-refractivity contribution is 0.0929. The van der Waals surface area contributed by atoms with Crippen molar-refractivity contribution in [2.24, 2.45) is 0 Å². The molecule has 1 unspecified atom stereocenters. The van der Waals surface area contributed by atoms with Gasteiger partial charge in [-0.3, -0.25) is 4.79 Å². The van der Waals surface area contributed by atoms with E-state index in [9.17, 15) is 9.90 Å². The molecule has 1 atom stereocenters. The topological polar surface area (TPSA) is 58.6 Å². The highest BCUT2D eigenvalue weighted by atomic mass is 16.5. The lowest BCUT2D eigenvalue weighted by Crippen LogP contribution is -2.34. The summed E-state index contributed by atoms with van der Waals surface area (Å²) in [6.45, 7) is 1.27. The number of nitrogens with one attached hydrogen (secondary N) is 1. The van der Waals surface area contributed by atoms with E-state index in [4.69, 9.17) is 4.74 Å². The van der Waals surface area contributed by atoms with Gasteiger partial charge in [0.1, 0.15) is 5.75 Å². The standard InChI is InChI=1S/C11H13NO3/c13-10-3-1-2-8(6-10)11(14)12-9-4-5-15-7-9/h1-3,6,9,13H,4-5,7H2,(H,12,14). The highest BCUT2D eigenvalue weighted by Gasteiger charge is 2.18. The third-order valence-electron chi connectivity index (χ3n) is 2.37. The Hall–Kier alpha value is -1.55. The molecule has 2 rings (SSSR count). The van der Waals surface area contributed by atoms with Crippen molar-refractivity contribution >= 4 is 5.91 Å². The van der Waals surface area contributed by atoms with E-state index in [1.165, 1.54) is 12.1 Å². The monoisotopic (exact) mass is 207 g/mol. The van der Waals surface area contributed by atoms with Gasteiger partial charge in [0.15, 0.2) is 0 Å². The first-order valence-corrected chi connectivity index (χ1v) is 4.93. The summed E-state index contributed by atoms with van der Waals surface area (Å²) >= 11 is 0. The summed E-state index contributed by atoms with van der Waals surface area (Å²) in [5.41, 5.74) is 0.474. The maximum absolute atomic E-state index is 11.7. The third-order valence-corrected chi connectivity index (χ3v) is 2.37. The quantitative estimate of drug-likeness (QED) is 0.757. The van der Waals surface area contributed by atoms with Crippen molar-refractivity contribution in [3.63, 3.8) is 0 Å². The highest BCUT2D eigenvalue weighted by molar-refractivity contribution is 5.94. The molecule has 0 saturated carbocycles. The average molecular weight is 207 g/mol. The predicted molar refractivity (Wildman–Crippen MR) is 54.8 cm³/mol. The van der Waals surface area contributed by atoms with Gasteiger partial charge in [-0.2, -0.15) is 0 Å². The Morgan fingerprint density at radius 3 is 3.07 bits per heavy atom. The van der Waals surface area contributed by atoms with E-state index in [1.54, 1.807) is 12.1 Å². The molecule has 0 aliphatic carbocycles. The largest absolute Gasteiger partial charge is 0.508 e. The van der Waals surface area contributed by atoms with Crippen LogP contribution in [0.3, 0.4) is 0 Å². The molecule has 0 bridgehead atoms. The van der Waals surface area contributed by atoms with Crippen LogP contribution in [-0.2, 0) is 4.74 Å². The lowest BCUT2D eigenvalue weighted by atomic mass is 10.2. The molecule has 0 spiro atoms. The molecule has 1 fully saturated rings. The van der Waals surface area contributed by atoms with Gasteiger partial charge in [-0.25, -0.2) is 0 Å². The third kappa shape index (κ3) is 2.47. The van der Waals surface area contributed by atoms with E-state index in [-0.39, 0.29) is 17.7 Å². The number of phenols is 1. The number of phenolic OH excluding ortho intramolecular Hbond substituents is 1. The van der Waals surface area contributed by atoms with Crippen LogP contribution in [0.1, 0.15) is 16.8 Å². The van der Waals surface area contributed by atoms with Crippen LogP contribution in [0.25, 0.3) is 0 Å². The molecule has 1 aromatic carbocycles. The first-order valence-electron chi connectivity index (χ1n) is 4.93. The molecule has 1 aromatic rings. The number of amides is 1. The van der Waals surface area contributed by atoms with Crippen molar-refractivity contribution in [1.82, 2.24) is 5.32 Å². The summed E-state index contributed by atoms with van der Waals surface area (Å²) < 4.78 is 5.15. The van der Waals surface area contributed by atoms with Gasteiger partial charge in [-0.1, -0.05) is 6.07 Å². The van der Waals surface area contributed by atoms with Gasteiger partial charge in [-0.05, 0) is 24.6 Å². The van der Waals surface area contributed by atoms with E-state index in [0.29, 0.717) is 18.8 Å². The molecule has 1 amide bonds. The van der Waals surface area contributed by atoms with Crippen molar-refractivity contribution in [3.8, 4) is 5.75 Å². The Labute approximate surface area is 87.9 Å². The van der Waals surface area contributed by atoms with Crippen LogP contribution in [0.4, 0.5) is 0 Å². The molecule has 4 heteroatoms. The van der Waals surface area contributed by atoms with Crippen molar-refractivity contribution in [1.29, 1.82) is 0 Å². The lowest BCUT2D eigenvalue weighted by Gasteiger charge is -2.10. The number of benzene rings is 1. The molecule has 0 radical (unpaired) electrons. The molecule has 80 valence electrons. The predicted octanol–water partition coefficient (Wildman–Crippen LogP) is 0.911. The van der Waals surface area contributed by atoms with Gasteiger partial charge in [-0.15, -0.1) is 0 Å². The fourth-order valence-corrected chi connectivity index (χ4v) is 1.56. The second kappa shape index (κ2) is 4.31. The maximum atomic E-state index is 11.7. The number of carbonyl (C=O) groups excluding carboxylic acids is 1. The van der Waals surface area contributed by atoms with Gasteiger partial charge in [0.2, 0.25) is 0 Å². The van der Waals surface area contributed by atoms with Crippen LogP contribution in [0.5, 0.6) is 5.75 Å². The van der Waals surface area contributed by atoms with Gasteiger partial charge in [0.05, 0.1) is 12.6 Å². The average Bonchev–Trinajstić information content (AvgIpc) is 2.70. The van der Waals surface area contributed by atoms with Gasteiger partial charge in [0, 0.05) is 12.2 Å². The first kappa shape index (κ1) is 9.98. The van der Waals surface area contributed by atoms with E-state index in [2.05, 4.69) is 5.32 Å². The molecule has 15 heavy (non-hydrogen) atoms. The fourth-order valence-electron chi connectivity index (χ4n) is 1.56. The van der Waals surface area contributed by atoms with Crippen LogP contribution in [0.2, 0.25) is 0 Å². The van der Waals surface area contributed by atoms with Gasteiger partial charge >= 0.3 is 0 Å². The molecular weight excluding hydrogens is 194 g/mol. The summed E-state index contributed by atoms with van der Waals surface area (Å²) in [5, 5.41) is 12.1. The van der Waals surface area contributed by atoms with E-state index in [1.807, 2.05) is 0 Å². The molecule has 1 saturated heterocycles. The number of ether oxygens (including phenoxy) is 1. The molecule has 1 aliphatic heterocycles.